The third-order valence-corrected chi connectivity index (χ3v) is 1.88. The molecule has 3 nitrogen and oxygen atoms in total. The summed E-state index contributed by atoms with van der Waals surface area (Å²) in [6.07, 6.45) is -2.67. The maximum absolute atomic E-state index is 12.3. The van der Waals surface area contributed by atoms with Gasteiger partial charge in [0.2, 0.25) is 0 Å². The molecule has 0 bridgehead atoms. The molecule has 0 amide bonds. The predicted octanol–water partition coefficient (Wildman–Crippen LogP) is 2.33. The quantitative estimate of drug-likeness (QED) is 0.798. The number of halogens is 2. The zero-order valence-electron chi connectivity index (χ0n) is 7.71. The highest BCUT2D eigenvalue weighted by Crippen LogP contribution is 2.22. The summed E-state index contributed by atoms with van der Waals surface area (Å²) in [4.78, 5) is 14.2. The van der Waals surface area contributed by atoms with Crippen molar-refractivity contribution in [2.24, 2.45) is 0 Å². The first kappa shape index (κ1) is 10.6. The molecule has 1 N–H and O–H groups in total. The first-order valence-electron chi connectivity index (χ1n) is 3.93. The van der Waals surface area contributed by atoms with E-state index >= 15 is 0 Å². The molecule has 0 atom stereocenters. The molecule has 0 saturated carbocycles. The molecule has 1 rings (SSSR count). The van der Waals surface area contributed by atoms with Crippen LogP contribution >= 0.6 is 0 Å². The highest BCUT2D eigenvalue weighted by atomic mass is 19.3. The second-order valence-corrected chi connectivity index (χ2v) is 2.93. The summed E-state index contributed by atoms with van der Waals surface area (Å²) >= 11 is 0. The Morgan fingerprint density at radius 1 is 1.50 bits per heavy atom. The van der Waals surface area contributed by atoms with Crippen molar-refractivity contribution in [3.8, 4) is 0 Å². The third-order valence-electron chi connectivity index (χ3n) is 1.88. The normalized spacial score (nSPS) is 10.6. The minimum absolute atomic E-state index is 0.0353. The van der Waals surface area contributed by atoms with Crippen LogP contribution in [-0.2, 0) is 0 Å². The number of rotatable bonds is 2. The van der Waals surface area contributed by atoms with Gasteiger partial charge in [-0.1, -0.05) is 0 Å². The summed E-state index contributed by atoms with van der Waals surface area (Å²) in [6, 6.07) is 1.21. The molecule has 0 fully saturated rings. The van der Waals surface area contributed by atoms with Crippen LogP contribution in [0.25, 0.3) is 0 Å². The average molecular weight is 201 g/mol. The number of carboxylic acid groups (broad SMARTS) is 1. The van der Waals surface area contributed by atoms with Gasteiger partial charge in [0, 0.05) is 0 Å². The van der Waals surface area contributed by atoms with Crippen LogP contribution in [0, 0.1) is 13.8 Å². The van der Waals surface area contributed by atoms with Gasteiger partial charge in [-0.3, -0.25) is 4.98 Å². The van der Waals surface area contributed by atoms with Gasteiger partial charge in [0.1, 0.15) is 5.69 Å². The Kier molecular flexibility index (Phi) is 2.78. The van der Waals surface area contributed by atoms with Crippen LogP contribution in [0.4, 0.5) is 8.78 Å². The number of carbonyl (C=O) groups is 1. The lowest BCUT2D eigenvalue weighted by molar-refractivity contribution is 0.0694. The van der Waals surface area contributed by atoms with Crippen LogP contribution in [0.5, 0.6) is 0 Å². The number of pyridine rings is 1. The minimum Gasteiger partial charge on any atom is -0.478 e. The maximum atomic E-state index is 12.3. The van der Waals surface area contributed by atoms with Gasteiger partial charge >= 0.3 is 5.97 Å². The summed E-state index contributed by atoms with van der Waals surface area (Å²) in [5.74, 6) is -1.15. The Balaban J connectivity index is 3.31. The Morgan fingerprint density at radius 3 is 2.50 bits per heavy atom. The minimum atomic E-state index is -2.67. The topological polar surface area (TPSA) is 50.2 Å². The molecule has 0 aliphatic heterocycles. The molecule has 0 aromatic carbocycles. The van der Waals surface area contributed by atoms with E-state index in [1.165, 1.54) is 19.9 Å². The fraction of sp³-hybridized carbons (Fsp3) is 0.333. The number of aromatic nitrogens is 1. The largest absolute Gasteiger partial charge is 0.478 e. The van der Waals surface area contributed by atoms with Crippen molar-refractivity contribution in [1.82, 2.24) is 4.98 Å². The van der Waals surface area contributed by atoms with E-state index in [1.807, 2.05) is 0 Å². The Labute approximate surface area is 79.4 Å². The molecule has 0 saturated heterocycles. The smallest absolute Gasteiger partial charge is 0.337 e. The Hall–Kier alpha value is -1.52. The van der Waals surface area contributed by atoms with Crippen LogP contribution in [0.15, 0.2) is 6.07 Å². The van der Waals surface area contributed by atoms with Crippen LogP contribution in [0.3, 0.4) is 0 Å². The second kappa shape index (κ2) is 3.69. The van der Waals surface area contributed by atoms with Crippen molar-refractivity contribution in [2.45, 2.75) is 20.3 Å². The van der Waals surface area contributed by atoms with Crippen molar-refractivity contribution in [1.29, 1.82) is 0 Å². The maximum Gasteiger partial charge on any atom is 0.337 e. The molecule has 0 aliphatic carbocycles. The predicted molar refractivity (Wildman–Crippen MR) is 45.6 cm³/mol. The highest BCUT2D eigenvalue weighted by Gasteiger charge is 2.17. The van der Waals surface area contributed by atoms with Crippen molar-refractivity contribution < 1.29 is 18.7 Å². The van der Waals surface area contributed by atoms with E-state index in [-0.39, 0.29) is 22.5 Å². The number of hydrogen-bond donors (Lipinski definition) is 1. The molecule has 14 heavy (non-hydrogen) atoms. The van der Waals surface area contributed by atoms with Crippen molar-refractivity contribution >= 4 is 5.97 Å². The van der Waals surface area contributed by atoms with Crippen LogP contribution in [0.2, 0.25) is 0 Å². The molecule has 0 spiro atoms. The molecule has 0 aliphatic rings. The van der Waals surface area contributed by atoms with Crippen LogP contribution < -0.4 is 0 Å². The molecule has 1 heterocycles. The molecule has 5 heteroatoms. The van der Waals surface area contributed by atoms with E-state index in [0.717, 1.165) is 0 Å². The molecule has 1 aromatic rings. The first-order valence-corrected chi connectivity index (χ1v) is 3.93. The molecular formula is C9H9F2NO2. The van der Waals surface area contributed by atoms with Gasteiger partial charge in [-0.25, -0.2) is 13.6 Å². The average Bonchev–Trinajstić information content (AvgIpc) is 2.07. The van der Waals surface area contributed by atoms with Crippen LogP contribution in [-0.4, -0.2) is 16.1 Å². The molecule has 0 radical (unpaired) electrons. The van der Waals surface area contributed by atoms with E-state index in [2.05, 4.69) is 4.98 Å². The standard InChI is InChI=1S/C9H9F2NO2/c1-4-3-6(9(13)14)5(2)12-7(4)8(10)11/h3,8H,1-2H3,(H,13,14). The first-order chi connectivity index (χ1) is 6.43. The number of alkyl halides is 2. The van der Waals surface area contributed by atoms with E-state index in [9.17, 15) is 13.6 Å². The van der Waals surface area contributed by atoms with Crippen LogP contribution in [0.1, 0.15) is 33.7 Å². The Bertz CT molecular complexity index is 377. The highest BCUT2D eigenvalue weighted by molar-refractivity contribution is 5.89. The second-order valence-electron chi connectivity index (χ2n) is 2.93. The fourth-order valence-electron chi connectivity index (χ4n) is 1.16. The third kappa shape index (κ3) is 1.86. The van der Waals surface area contributed by atoms with E-state index in [1.54, 1.807) is 0 Å². The Morgan fingerprint density at radius 2 is 2.07 bits per heavy atom. The lowest BCUT2D eigenvalue weighted by Gasteiger charge is -2.07. The zero-order chi connectivity index (χ0) is 10.9. The summed E-state index contributed by atoms with van der Waals surface area (Å²) in [5.41, 5.74) is -0.0826. The summed E-state index contributed by atoms with van der Waals surface area (Å²) in [6.45, 7) is 2.81. The molecule has 0 unspecified atom stereocenters. The van der Waals surface area contributed by atoms with Crippen molar-refractivity contribution in [3.63, 3.8) is 0 Å². The van der Waals surface area contributed by atoms with E-state index in [4.69, 9.17) is 5.11 Å². The summed E-state index contributed by atoms with van der Waals surface area (Å²) in [5, 5.41) is 8.69. The summed E-state index contributed by atoms with van der Waals surface area (Å²) in [7, 11) is 0. The van der Waals surface area contributed by atoms with E-state index < -0.39 is 12.4 Å². The fourth-order valence-corrected chi connectivity index (χ4v) is 1.16. The van der Waals surface area contributed by atoms with Gasteiger partial charge in [0.25, 0.3) is 6.43 Å². The number of aromatic carboxylic acids is 1. The monoisotopic (exact) mass is 201 g/mol. The number of carboxylic acids is 1. The van der Waals surface area contributed by atoms with Crippen molar-refractivity contribution in [2.75, 3.05) is 0 Å². The van der Waals surface area contributed by atoms with Gasteiger partial charge in [0.05, 0.1) is 11.3 Å². The number of nitrogens with zero attached hydrogens (tertiary/aromatic N) is 1. The molecular weight excluding hydrogens is 192 g/mol. The lowest BCUT2D eigenvalue weighted by atomic mass is 10.1. The number of aryl methyl sites for hydroxylation is 2. The lowest BCUT2D eigenvalue weighted by Crippen LogP contribution is -2.06. The van der Waals surface area contributed by atoms with Gasteiger partial charge in [0.15, 0.2) is 0 Å². The summed E-state index contributed by atoms with van der Waals surface area (Å²) < 4.78 is 24.7. The van der Waals surface area contributed by atoms with Crippen molar-refractivity contribution in [3.05, 3.63) is 28.6 Å². The van der Waals surface area contributed by atoms with Gasteiger partial charge < -0.3 is 5.11 Å². The van der Waals surface area contributed by atoms with Gasteiger partial charge in [-0.15, -0.1) is 0 Å². The molecule has 76 valence electrons. The zero-order valence-corrected chi connectivity index (χ0v) is 7.71. The van der Waals surface area contributed by atoms with Gasteiger partial charge in [-0.05, 0) is 25.5 Å². The van der Waals surface area contributed by atoms with Gasteiger partial charge in [-0.2, -0.15) is 0 Å². The van der Waals surface area contributed by atoms with E-state index in [0.29, 0.717) is 0 Å². The number of hydrogen-bond acceptors (Lipinski definition) is 2. The molecule has 1 aromatic heterocycles. The SMILES string of the molecule is Cc1cc(C(=O)O)c(C)nc1C(F)F.